The predicted molar refractivity (Wildman–Crippen MR) is 106 cm³/mol. The molecular formula is C14H25IN4O2S2. The third kappa shape index (κ3) is 6.20. The number of hydrogen-bond acceptors (Lipinski definition) is 4. The Labute approximate surface area is 159 Å². The van der Waals surface area contributed by atoms with Crippen LogP contribution in [0.4, 0.5) is 0 Å². The van der Waals surface area contributed by atoms with Crippen molar-refractivity contribution in [2.75, 3.05) is 27.2 Å². The molecule has 2 rings (SSSR count). The monoisotopic (exact) mass is 472 g/mol. The fourth-order valence-corrected chi connectivity index (χ4v) is 4.27. The summed E-state index contributed by atoms with van der Waals surface area (Å²) in [5, 5.41) is 6.53. The van der Waals surface area contributed by atoms with E-state index in [1.807, 2.05) is 13.0 Å². The molecule has 1 saturated carbocycles. The summed E-state index contributed by atoms with van der Waals surface area (Å²) in [4.78, 5) is 5.45. The molecule has 1 aliphatic rings. The minimum Gasteiger partial charge on any atom is -0.357 e. The van der Waals surface area contributed by atoms with E-state index >= 15 is 0 Å². The molecule has 1 aromatic rings. The second-order valence-corrected chi connectivity index (χ2v) is 9.07. The number of aliphatic imine (C=N–C) groups is 1. The molecule has 9 heteroatoms. The van der Waals surface area contributed by atoms with Gasteiger partial charge in [0.2, 0.25) is 0 Å². The summed E-state index contributed by atoms with van der Waals surface area (Å²) in [6.45, 7) is 4.27. The van der Waals surface area contributed by atoms with Crippen molar-refractivity contribution in [3.63, 3.8) is 0 Å². The highest BCUT2D eigenvalue weighted by Crippen LogP contribution is 2.27. The zero-order chi connectivity index (χ0) is 16.2. The second kappa shape index (κ2) is 9.19. The zero-order valence-electron chi connectivity index (χ0n) is 13.7. The second-order valence-electron chi connectivity index (χ2n) is 5.53. The molecular weight excluding hydrogens is 447 g/mol. The summed E-state index contributed by atoms with van der Waals surface area (Å²) in [7, 11) is -0.267. The van der Waals surface area contributed by atoms with Crippen molar-refractivity contribution in [3.05, 3.63) is 17.0 Å². The molecule has 0 aromatic carbocycles. The third-order valence-electron chi connectivity index (χ3n) is 3.36. The van der Waals surface area contributed by atoms with Gasteiger partial charge in [-0.15, -0.1) is 35.3 Å². The van der Waals surface area contributed by atoms with Gasteiger partial charge in [0.1, 0.15) is 4.21 Å². The number of nitrogens with one attached hydrogen (secondary N) is 2. The Morgan fingerprint density at radius 2 is 2.04 bits per heavy atom. The minimum atomic E-state index is -3.35. The van der Waals surface area contributed by atoms with E-state index in [0.29, 0.717) is 10.8 Å². The maximum Gasteiger partial charge on any atom is 0.252 e. The van der Waals surface area contributed by atoms with Crippen LogP contribution in [0.5, 0.6) is 0 Å². The molecule has 0 atom stereocenters. The molecule has 2 N–H and O–H groups in total. The first-order valence-electron chi connectivity index (χ1n) is 7.47. The number of hydrogen-bond donors (Lipinski definition) is 2. The Balaban J connectivity index is 0.00000264. The lowest BCUT2D eigenvalue weighted by atomic mass is 10.4. The topological polar surface area (TPSA) is 73.8 Å². The molecule has 1 aromatic heterocycles. The molecule has 23 heavy (non-hydrogen) atoms. The van der Waals surface area contributed by atoms with E-state index in [2.05, 4.69) is 15.6 Å². The first kappa shape index (κ1) is 20.7. The molecule has 0 amide bonds. The maximum atomic E-state index is 12.0. The van der Waals surface area contributed by atoms with Crippen molar-refractivity contribution >= 4 is 51.3 Å². The van der Waals surface area contributed by atoms with Gasteiger partial charge in [-0.1, -0.05) is 0 Å². The molecule has 0 unspecified atom stereocenters. The first-order valence-corrected chi connectivity index (χ1v) is 9.72. The lowest BCUT2D eigenvalue weighted by Gasteiger charge is -2.10. The number of halogens is 1. The van der Waals surface area contributed by atoms with Gasteiger partial charge < -0.3 is 10.6 Å². The van der Waals surface area contributed by atoms with E-state index in [0.717, 1.165) is 29.8 Å². The van der Waals surface area contributed by atoms with Crippen LogP contribution in [0.25, 0.3) is 0 Å². The maximum absolute atomic E-state index is 12.0. The van der Waals surface area contributed by atoms with Crippen LogP contribution in [0.1, 0.15) is 24.6 Å². The van der Waals surface area contributed by atoms with Crippen LogP contribution in [0.3, 0.4) is 0 Å². The van der Waals surface area contributed by atoms with Gasteiger partial charge in [-0.2, -0.15) is 0 Å². The van der Waals surface area contributed by atoms with Gasteiger partial charge in [-0.05, 0) is 37.8 Å². The molecule has 6 nitrogen and oxygen atoms in total. The van der Waals surface area contributed by atoms with Gasteiger partial charge in [0.15, 0.2) is 5.96 Å². The lowest BCUT2D eigenvalue weighted by molar-refractivity contribution is 0.523. The molecule has 0 aliphatic heterocycles. The van der Waals surface area contributed by atoms with Crippen LogP contribution in [0.15, 0.2) is 21.3 Å². The Morgan fingerprint density at radius 1 is 1.35 bits per heavy atom. The van der Waals surface area contributed by atoms with E-state index in [-0.39, 0.29) is 24.0 Å². The molecule has 0 saturated heterocycles. The fourth-order valence-electron chi connectivity index (χ4n) is 1.82. The summed E-state index contributed by atoms with van der Waals surface area (Å²) in [6.07, 6.45) is 2.59. The summed E-state index contributed by atoms with van der Waals surface area (Å²) in [5.74, 6) is 1.57. The average molecular weight is 472 g/mol. The SMILES string of the molecule is CCNC(=NCc1ccc(S(=O)(=O)N(C)C)s1)NCC1CC1.I. The van der Waals surface area contributed by atoms with Crippen LogP contribution in [-0.4, -0.2) is 45.9 Å². The third-order valence-corrected chi connectivity index (χ3v) is 6.72. The molecule has 132 valence electrons. The minimum absolute atomic E-state index is 0. The molecule has 0 radical (unpaired) electrons. The van der Waals surface area contributed by atoms with Crippen LogP contribution in [-0.2, 0) is 16.6 Å². The van der Waals surface area contributed by atoms with Crippen molar-refractivity contribution in [2.45, 2.75) is 30.5 Å². The van der Waals surface area contributed by atoms with E-state index in [4.69, 9.17) is 0 Å². The molecule has 1 aliphatic carbocycles. The molecule has 0 bridgehead atoms. The van der Waals surface area contributed by atoms with Crippen molar-refractivity contribution < 1.29 is 8.42 Å². The van der Waals surface area contributed by atoms with Gasteiger partial charge in [0.25, 0.3) is 10.0 Å². The Hall–Kier alpha value is -0.390. The van der Waals surface area contributed by atoms with Crippen LogP contribution < -0.4 is 10.6 Å². The first-order chi connectivity index (χ1) is 10.4. The van der Waals surface area contributed by atoms with Crippen molar-refractivity contribution in [3.8, 4) is 0 Å². The highest BCUT2D eigenvalue weighted by molar-refractivity contribution is 14.0. The van der Waals surface area contributed by atoms with E-state index < -0.39 is 10.0 Å². The fraction of sp³-hybridized carbons (Fsp3) is 0.643. The van der Waals surface area contributed by atoms with Gasteiger partial charge in [-0.25, -0.2) is 17.7 Å². The Morgan fingerprint density at radius 3 is 2.61 bits per heavy atom. The number of thiophene rings is 1. The predicted octanol–water partition coefficient (Wildman–Crippen LogP) is 2.08. The standard InChI is InChI=1S/C14H24N4O2S2.HI/c1-4-15-14(16-9-11-5-6-11)17-10-12-7-8-13(21-12)22(19,20)18(2)3;/h7-8,11H,4-6,9-10H2,1-3H3,(H2,15,16,17);1H. The summed E-state index contributed by atoms with van der Waals surface area (Å²) in [5.41, 5.74) is 0. The van der Waals surface area contributed by atoms with E-state index in [9.17, 15) is 8.42 Å². The van der Waals surface area contributed by atoms with Gasteiger partial charge in [0.05, 0.1) is 6.54 Å². The summed E-state index contributed by atoms with van der Waals surface area (Å²) < 4.78 is 25.7. The van der Waals surface area contributed by atoms with Crippen LogP contribution in [0.2, 0.25) is 0 Å². The van der Waals surface area contributed by atoms with Crippen molar-refractivity contribution in [2.24, 2.45) is 10.9 Å². The van der Waals surface area contributed by atoms with Crippen LogP contribution in [0, 0.1) is 5.92 Å². The highest BCUT2D eigenvalue weighted by Gasteiger charge is 2.21. The smallest absolute Gasteiger partial charge is 0.252 e. The van der Waals surface area contributed by atoms with Crippen molar-refractivity contribution in [1.82, 2.24) is 14.9 Å². The Bertz CT molecular complexity index is 624. The van der Waals surface area contributed by atoms with E-state index in [1.54, 1.807) is 6.07 Å². The van der Waals surface area contributed by atoms with Crippen molar-refractivity contribution in [1.29, 1.82) is 0 Å². The summed E-state index contributed by atoms with van der Waals surface area (Å²) in [6, 6.07) is 3.48. The van der Waals surface area contributed by atoms with Crippen LogP contribution >= 0.6 is 35.3 Å². The lowest BCUT2D eigenvalue weighted by Crippen LogP contribution is -2.38. The van der Waals surface area contributed by atoms with Gasteiger partial charge in [0, 0.05) is 32.1 Å². The molecule has 1 heterocycles. The number of nitrogens with zero attached hydrogens (tertiary/aromatic N) is 2. The highest BCUT2D eigenvalue weighted by atomic mass is 127. The average Bonchev–Trinajstić information content (AvgIpc) is 3.17. The number of guanidine groups is 1. The normalized spacial score (nSPS) is 15.4. The van der Waals surface area contributed by atoms with Gasteiger partial charge in [-0.3, -0.25) is 0 Å². The number of sulfonamides is 1. The molecule has 0 spiro atoms. The zero-order valence-corrected chi connectivity index (χ0v) is 17.7. The quantitative estimate of drug-likeness (QED) is 0.362. The Kier molecular flexibility index (Phi) is 8.25. The van der Waals surface area contributed by atoms with Gasteiger partial charge >= 0.3 is 0 Å². The molecule has 1 fully saturated rings. The largest absolute Gasteiger partial charge is 0.357 e. The summed E-state index contributed by atoms with van der Waals surface area (Å²) >= 11 is 1.27. The van der Waals surface area contributed by atoms with E-state index in [1.165, 1.54) is 42.6 Å². The number of rotatable bonds is 7.